The maximum absolute atomic E-state index is 12.5. The molecule has 0 bridgehead atoms. The van der Waals surface area contributed by atoms with E-state index in [0.29, 0.717) is 29.8 Å². The third kappa shape index (κ3) is 5.06. The van der Waals surface area contributed by atoms with E-state index in [9.17, 15) is 19.8 Å². The Morgan fingerprint density at radius 3 is 1.80 bits per heavy atom. The number of aliphatic hydroxyl groups is 2. The summed E-state index contributed by atoms with van der Waals surface area (Å²) in [4.78, 5) is 24.9. The molecule has 5 heteroatoms. The Bertz CT molecular complexity index is 704. The highest BCUT2D eigenvalue weighted by Gasteiger charge is 2.25. The zero-order valence-electron chi connectivity index (χ0n) is 14.4. The lowest BCUT2D eigenvalue weighted by Gasteiger charge is -2.32. The summed E-state index contributed by atoms with van der Waals surface area (Å²) in [5.74, 6) is -0.163. The molecule has 25 heavy (non-hydrogen) atoms. The van der Waals surface area contributed by atoms with Gasteiger partial charge >= 0.3 is 0 Å². The summed E-state index contributed by atoms with van der Waals surface area (Å²) in [6.07, 6.45) is 0. The first-order valence-electron chi connectivity index (χ1n) is 8.27. The molecule has 0 heterocycles. The lowest BCUT2D eigenvalue weighted by Crippen LogP contribution is -2.51. The lowest BCUT2D eigenvalue weighted by molar-refractivity contribution is -0.902. The minimum Gasteiger partial charge on any atom is -0.391 e. The van der Waals surface area contributed by atoms with Crippen molar-refractivity contribution in [3.63, 3.8) is 0 Å². The van der Waals surface area contributed by atoms with Gasteiger partial charge in [0.1, 0.15) is 19.6 Å². The number of quaternary nitrogens is 1. The Hall–Kier alpha value is -2.34. The van der Waals surface area contributed by atoms with Crippen molar-refractivity contribution in [2.45, 2.75) is 0 Å². The highest BCUT2D eigenvalue weighted by molar-refractivity contribution is 6.09. The second kappa shape index (κ2) is 8.67. The number of carbonyl (C=O) groups is 2. The first kappa shape index (κ1) is 19.0. The molecule has 2 N–H and O–H groups in total. The molecule has 0 fully saturated rings. The average Bonchev–Trinajstić information content (AvgIpc) is 2.62. The van der Waals surface area contributed by atoms with Crippen LogP contribution in [0, 0.1) is 0 Å². The van der Waals surface area contributed by atoms with Crippen molar-refractivity contribution >= 4 is 11.6 Å². The fourth-order valence-corrected chi connectivity index (χ4v) is 2.75. The van der Waals surface area contributed by atoms with Crippen LogP contribution < -0.4 is 0 Å². The van der Waals surface area contributed by atoms with E-state index in [4.69, 9.17) is 0 Å². The second-order valence-corrected chi connectivity index (χ2v) is 6.37. The van der Waals surface area contributed by atoms with Gasteiger partial charge in [0.05, 0.1) is 20.3 Å². The van der Waals surface area contributed by atoms with Crippen LogP contribution in [0.1, 0.15) is 26.3 Å². The predicted molar refractivity (Wildman–Crippen MR) is 95.6 cm³/mol. The van der Waals surface area contributed by atoms with E-state index >= 15 is 0 Å². The molecule has 5 nitrogen and oxygen atoms in total. The van der Waals surface area contributed by atoms with Crippen molar-refractivity contribution < 1.29 is 24.3 Å². The number of hydrogen-bond acceptors (Lipinski definition) is 4. The zero-order chi connectivity index (χ0) is 18.3. The third-order valence-electron chi connectivity index (χ3n) is 4.31. The Balaban J connectivity index is 2.11. The van der Waals surface area contributed by atoms with Crippen molar-refractivity contribution in [1.29, 1.82) is 0 Å². The number of Topliss-reactive ketones (excluding diaryl/α,β-unsaturated/α-hetero) is 1. The smallest absolute Gasteiger partial charge is 0.216 e. The summed E-state index contributed by atoms with van der Waals surface area (Å²) in [5, 5.41) is 18.3. The van der Waals surface area contributed by atoms with Crippen molar-refractivity contribution in [2.24, 2.45) is 0 Å². The molecule has 2 aromatic rings. The molecule has 0 radical (unpaired) electrons. The molecule has 0 spiro atoms. The molecule has 0 aliphatic rings. The van der Waals surface area contributed by atoms with Gasteiger partial charge in [-0.25, -0.2) is 0 Å². The van der Waals surface area contributed by atoms with Crippen LogP contribution in [0.4, 0.5) is 0 Å². The molecule has 2 aromatic carbocycles. The maximum Gasteiger partial charge on any atom is 0.216 e. The number of ketones is 2. The molecule has 0 aliphatic heterocycles. The van der Waals surface area contributed by atoms with Crippen molar-refractivity contribution in [1.82, 2.24) is 0 Å². The SMILES string of the molecule is C[N+](CCO)(CCO)CC(=O)c1ccc(C(=O)c2ccccc2)cc1. The maximum atomic E-state index is 12.5. The van der Waals surface area contributed by atoms with Gasteiger partial charge in [-0.3, -0.25) is 9.59 Å². The van der Waals surface area contributed by atoms with E-state index in [-0.39, 0.29) is 35.8 Å². The minimum absolute atomic E-state index is 0.0473. The molecule has 2 rings (SSSR count). The number of benzene rings is 2. The standard InChI is InChI=1S/C20H24NO4/c1-21(11-13-22,12-14-23)15-19(24)16-7-9-18(10-8-16)20(25)17-5-3-2-4-6-17/h2-10,22-23H,11-15H2,1H3/q+1. The molecule has 0 saturated carbocycles. The first-order chi connectivity index (χ1) is 12.0. The van der Waals surface area contributed by atoms with E-state index in [1.165, 1.54) is 0 Å². The van der Waals surface area contributed by atoms with Crippen LogP contribution in [0.3, 0.4) is 0 Å². The number of likely N-dealkylation sites (N-methyl/N-ethyl adjacent to an activating group) is 1. The van der Waals surface area contributed by atoms with Gasteiger partial charge in [0.15, 0.2) is 5.78 Å². The van der Waals surface area contributed by atoms with Crippen molar-refractivity contribution in [3.05, 3.63) is 71.3 Å². The molecular formula is C20H24NO4+. The molecule has 0 atom stereocenters. The monoisotopic (exact) mass is 342 g/mol. The summed E-state index contributed by atoms with van der Waals surface area (Å²) in [5.41, 5.74) is 1.66. The van der Waals surface area contributed by atoms with Gasteiger partial charge in [-0.05, 0) is 0 Å². The highest BCUT2D eigenvalue weighted by Crippen LogP contribution is 2.13. The van der Waals surface area contributed by atoms with E-state index in [1.54, 1.807) is 36.4 Å². The van der Waals surface area contributed by atoms with Crippen molar-refractivity contribution in [2.75, 3.05) is 39.9 Å². The molecule has 0 aromatic heterocycles. The number of hydrogen-bond donors (Lipinski definition) is 2. The van der Waals surface area contributed by atoms with Gasteiger partial charge in [0.2, 0.25) is 5.78 Å². The van der Waals surface area contributed by atoms with Crippen LogP contribution in [0.25, 0.3) is 0 Å². The molecular weight excluding hydrogens is 318 g/mol. The summed E-state index contributed by atoms with van der Waals surface area (Å²) in [6.45, 7) is 0.892. The number of aliphatic hydroxyl groups excluding tert-OH is 2. The summed E-state index contributed by atoms with van der Waals surface area (Å²) < 4.78 is 0.274. The highest BCUT2D eigenvalue weighted by atomic mass is 16.3. The Labute approximate surface area is 147 Å². The van der Waals surface area contributed by atoms with Gasteiger partial charge in [-0.15, -0.1) is 0 Å². The summed E-state index contributed by atoms with van der Waals surface area (Å²) in [7, 11) is 1.83. The van der Waals surface area contributed by atoms with Crippen LogP contribution in [-0.2, 0) is 0 Å². The fourth-order valence-electron chi connectivity index (χ4n) is 2.75. The topological polar surface area (TPSA) is 74.6 Å². The second-order valence-electron chi connectivity index (χ2n) is 6.37. The van der Waals surface area contributed by atoms with Crippen LogP contribution in [-0.4, -0.2) is 66.2 Å². The van der Waals surface area contributed by atoms with E-state index in [0.717, 1.165) is 0 Å². The van der Waals surface area contributed by atoms with E-state index in [1.807, 2.05) is 25.2 Å². The summed E-state index contributed by atoms with van der Waals surface area (Å²) >= 11 is 0. The molecule has 0 saturated heterocycles. The van der Waals surface area contributed by atoms with Gasteiger partial charge in [-0.1, -0.05) is 54.6 Å². The van der Waals surface area contributed by atoms with Gasteiger partial charge in [0, 0.05) is 16.7 Å². The predicted octanol–water partition coefficient (Wildman–Crippen LogP) is 1.53. The lowest BCUT2D eigenvalue weighted by atomic mass is 10.0. The largest absolute Gasteiger partial charge is 0.391 e. The Morgan fingerprint density at radius 1 is 0.800 bits per heavy atom. The molecule has 0 aliphatic carbocycles. The first-order valence-corrected chi connectivity index (χ1v) is 8.27. The van der Waals surface area contributed by atoms with E-state index < -0.39 is 0 Å². The summed E-state index contributed by atoms with van der Waals surface area (Å²) in [6, 6.07) is 15.6. The van der Waals surface area contributed by atoms with Crippen LogP contribution in [0.2, 0.25) is 0 Å². The molecule has 0 amide bonds. The van der Waals surface area contributed by atoms with Gasteiger partial charge < -0.3 is 14.7 Å². The Morgan fingerprint density at radius 2 is 1.28 bits per heavy atom. The number of carbonyl (C=O) groups excluding carboxylic acids is 2. The third-order valence-corrected chi connectivity index (χ3v) is 4.31. The average molecular weight is 342 g/mol. The normalized spacial score (nSPS) is 11.3. The molecule has 132 valence electrons. The van der Waals surface area contributed by atoms with Crippen molar-refractivity contribution in [3.8, 4) is 0 Å². The van der Waals surface area contributed by atoms with Gasteiger partial charge in [0.25, 0.3) is 0 Å². The Kier molecular flexibility index (Phi) is 6.58. The molecule has 0 unspecified atom stereocenters. The van der Waals surface area contributed by atoms with Crippen LogP contribution in [0.5, 0.6) is 0 Å². The van der Waals surface area contributed by atoms with Crippen LogP contribution in [0.15, 0.2) is 54.6 Å². The zero-order valence-corrected chi connectivity index (χ0v) is 14.4. The van der Waals surface area contributed by atoms with Crippen LogP contribution >= 0.6 is 0 Å². The number of rotatable bonds is 9. The number of nitrogens with zero attached hydrogens (tertiary/aromatic N) is 1. The quantitative estimate of drug-likeness (QED) is 0.535. The van der Waals surface area contributed by atoms with Gasteiger partial charge in [-0.2, -0.15) is 0 Å². The fraction of sp³-hybridized carbons (Fsp3) is 0.300. The minimum atomic E-state index is -0.0826. The van der Waals surface area contributed by atoms with E-state index in [2.05, 4.69) is 0 Å².